The molecule has 1 aromatic rings. The number of halogens is 1. The molecule has 0 spiro atoms. The fraction of sp³-hybridized carbons (Fsp3) is 0.417. The fourth-order valence-corrected chi connectivity index (χ4v) is 2.15. The van der Waals surface area contributed by atoms with Crippen LogP contribution >= 0.6 is 15.9 Å². The first-order chi connectivity index (χ1) is 7.77. The minimum Gasteiger partial charge on any atom is -0.460 e. The van der Waals surface area contributed by atoms with E-state index in [1.54, 1.807) is 0 Å². The summed E-state index contributed by atoms with van der Waals surface area (Å²) >= 11 is 3.42. The molecule has 3 nitrogen and oxygen atoms in total. The second-order valence-electron chi connectivity index (χ2n) is 3.85. The van der Waals surface area contributed by atoms with Gasteiger partial charge in [-0.3, -0.25) is 4.79 Å². The van der Waals surface area contributed by atoms with Crippen molar-refractivity contribution in [2.45, 2.75) is 25.5 Å². The molecule has 1 fully saturated rings. The Labute approximate surface area is 103 Å². The van der Waals surface area contributed by atoms with Gasteiger partial charge in [0.2, 0.25) is 0 Å². The third kappa shape index (κ3) is 2.83. The van der Waals surface area contributed by atoms with Gasteiger partial charge in [0.1, 0.15) is 12.6 Å². The summed E-state index contributed by atoms with van der Waals surface area (Å²) in [6, 6.07) is 7.65. The largest absolute Gasteiger partial charge is 0.460 e. The summed E-state index contributed by atoms with van der Waals surface area (Å²) in [7, 11) is 0. The van der Waals surface area contributed by atoms with Crippen molar-refractivity contribution in [1.82, 2.24) is 5.32 Å². The van der Waals surface area contributed by atoms with E-state index in [0.29, 0.717) is 6.61 Å². The number of carbonyl (C=O) groups excluding carboxylic acids is 1. The van der Waals surface area contributed by atoms with E-state index in [2.05, 4.69) is 21.2 Å². The normalized spacial score (nSPS) is 19.7. The number of nitrogens with one attached hydrogen (secondary N) is 1. The zero-order chi connectivity index (χ0) is 11.4. The van der Waals surface area contributed by atoms with Crippen LogP contribution in [0.15, 0.2) is 28.7 Å². The third-order valence-corrected chi connectivity index (χ3v) is 3.45. The van der Waals surface area contributed by atoms with Crippen LogP contribution in [0.3, 0.4) is 0 Å². The smallest absolute Gasteiger partial charge is 0.323 e. The Bertz CT molecular complexity index is 375. The molecule has 86 valence electrons. The van der Waals surface area contributed by atoms with Gasteiger partial charge in [-0.05, 0) is 25.5 Å². The van der Waals surface area contributed by atoms with E-state index in [1.807, 2.05) is 24.3 Å². The first kappa shape index (κ1) is 11.6. The Balaban J connectivity index is 1.87. The van der Waals surface area contributed by atoms with Crippen LogP contribution in [0.5, 0.6) is 0 Å². The van der Waals surface area contributed by atoms with Crippen molar-refractivity contribution in [3.8, 4) is 0 Å². The second-order valence-corrected chi connectivity index (χ2v) is 4.70. The van der Waals surface area contributed by atoms with Gasteiger partial charge in [-0.1, -0.05) is 34.1 Å². The van der Waals surface area contributed by atoms with Gasteiger partial charge in [0, 0.05) is 10.0 Å². The number of ether oxygens (including phenoxy) is 1. The van der Waals surface area contributed by atoms with Gasteiger partial charge in [-0.2, -0.15) is 0 Å². The highest BCUT2D eigenvalue weighted by Gasteiger charge is 2.23. The standard InChI is InChI=1S/C12H14BrNO2/c13-10-5-2-1-4-9(10)8-16-12(15)11-6-3-7-14-11/h1-2,4-5,11,14H,3,6-8H2/t11-/m1/s1. The van der Waals surface area contributed by atoms with Crippen molar-refractivity contribution >= 4 is 21.9 Å². The van der Waals surface area contributed by atoms with Crippen LogP contribution in [-0.4, -0.2) is 18.6 Å². The van der Waals surface area contributed by atoms with Crippen molar-refractivity contribution < 1.29 is 9.53 Å². The molecular formula is C12H14BrNO2. The monoisotopic (exact) mass is 283 g/mol. The van der Waals surface area contributed by atoms with Crippen LogP contribution < -0.4 is 5.32 Å². The Morgan fingerprint density at radius 2 is 2.31 bits per heavy atom. The highest BCUT2D eigenvalue weighted by molar-refractivity contribution is 9.10. The SMILES string of the molecule is O=C(OCc1ccccc1Br)[C@H]1CCCN1. The first-order valence-corrected chi connectivity index (χ1v) is 6.20. The summed E-state index contributed by atoms with van der Waals surface area (Å²) in [5, 5.41) is 3.12. The van der Waals surface area contributed by atoms with Crippen molar-refractivity contribution in [3.05, 3.63) is 34.3 Å². The van der Waals surface area contributed by atoms with Gasteiger partial charge in [-0.15, -0.1) is 0 Å². The maximum absolute atomic E-state index is 11.6. The van der Waals surface area contributed by atoms with E-state index in [9.17, 15) is 4.79 Å². The number of hydrogen-bond acceptors (Lipinski definition) is 3. The molecule has 0 aromatic heterocycles. The lowest BCUT2D eigenvalue weighted by molar-refractivity contribution is -0.147. The van der Waals surface area contributed by atoms with Gasteiger partial charge >= 0.3 is 5.97 Å². The molecular weight excluding hydrogens is 270 g/mol. The van der Waals surface area contributed by atoms with Crippen molar-refractivity contribution in [2.24, 2.45) is 0 Å². The number of rotatable bonds is 3. The number of benzene rings is 1. The number of carbonyl (C=O) groups is 1. The van der Waals surface area contributed by atoms with Crippen LogP contribution in [-0.2, 0) is 16.1 Å². The van der Waals surface area contributed by atoms with Gasteiger partial charge in [0.05, 0.1) is 0 Å². The van der Waals surface area contributed by atoms with Crippen LogP contribution in [0, 0.1) is 0 Å². The molecule has 0 saturated carbocycles. The van der Waals surface area contributed by atoms with Crippen molar-refractivity contribution in [3.63, 3.8) is 0 Å². The molecule has 0 amide bonds. The quantitative estimate of drug-likeness (QED) is 0.865. The molecule has 2 rings (SSSR count). The molecule has 0 unspecified atom stereocenters. The maximum Gasteiger partial charge on any atom is 0.323 e. The van der Waals surface area contributed by atoms with E-state index in [4.69, 9.17) is 4.74 Å². The molecule has 1 N–H and O–H groups in total. The van der Waals surface area contributed by atoms with Gasteiger partial charge in [-0.25, -0.2) is 0 Å². The molecule has 1 saturated heterocycles. The summed E-state index contributed by atoms with van der Waals surface area (Å²) in [5.41, 5.74) is 0.994. The highest BCUT2D eigenvalue weighted by atomic mass is 79.9. The zero-order valence-electron chi connectivity index (χ0n) is 8.91. The topological polar surface area (TPSA) is 38.3 Å². The number of esters is 1. The van der Waals surface area contributed by atoms with E-state index < -0.39 is 0 Å². The lowest BCUT2D eigenvalue weighted by atomic mass is 10.2. The highest BCUT2D eigenvalue weighted by Crippen LogP contribution is 2.17. The minimum absolute atomic E-state index is 0.109. The van der Waals surface area contributed by atoms with Crippen LogP contribution in [0.4, 0.5) is 0 Å². The summed E-state index contributed by atoms with van der Waals surface area (Å²) in [6.07, 6.45) is 1.93. The summed E-state index contributed by atoms with van der Waals surface area (Å²) in [5.74, 6) is -0.145. The Morgan fingerprint density at radius 1 is 1.50 bits per heavy atom. The third-order valence-electron chi connectivity index (χ3n) is 2.67. The first-order valence-electron chi connectivity index (χ1n) is 5.41. The van der Waals surface area contributed by atoms with Crippen LogP contribution in [0.25, 0.3) is 0 Å². The van der Waals surface area contributed by atoms with Crippen molar-refractivity contribution in [1.29, 1.82) is 0 Å². The lowest BCUT2D eigenvalue weighted by Gasteiger charge is -2.10. The molecule has 1 aromatic carbocycles. The van der Waals surface area contributed by atoms with E-state index in [0.717, 1.165) is 29.4 Å². The Hall–Kier alpha value is -0.870. The molecule has 1 atom stereocenters. The molecule has 4 heteroatoms. The molecule has 16 heavy (non-hydrogen) atoms. The molecule has 1 aliphatic heterocycles. The van der Waals surface area contributed by atoms with E-state index >= 15 is 0 Å². The average molecular weight is 284 g/mol. The fourth-order valence-electron chi connectivity index (χ4n) is 1.75. The minimum atomic E-state index is -0.145. The van der Waals surface area contributed by atoms with Gasteiger partial charge < -0.3 is 10.1 Å². The van der Waals surface area contributed by atoms with Crippen LogP contribution in [0.2, 0.25) is 0 Å². The summed E-state index contributed by atoms with van der Waals surface area (Å²) in [4.78, 5) is 11.6. The molecule has 1 aliphatic rings. The van der Waals surface area contributed by atoms with Crippen LogP contribution in [0.1, 0.15) is 18.4 Å². The maximum atomic E-state index is 11.6. The average Bonchev–Trinajstić information content (AvgIpc) is 2.81. The molecule has 0 aliphatic carbocycles. The zero-order valence-corrected chi connectivity index (χ0v) is 10.5. The van der Waals surface area contributed by atoms with E-state index in [-0.39, 0.29) is 12.0 Å². The lowest BCUT2D eigenvalue weighted by Crippen LogP contribution is -2.32. The molecule has 0 radical (unpaired) electrons. The van der Waals surface area contributed by atoms with Gasteiger partial charge in [0.25, 0.3) is 0 Å². The molecule has 1 heterocycles. The van der Waals surface area contributed by atoms with Crippen molar-refractivity contribution in [2.75, 3.05) is 6.54 Å². The summed E-state index contributed by atoms with van der Waals surface area (Å²) in [6.45, 7) is 1.24. The van der Waals surface area contributed by atoms with E-state index in [1.165, 1.54) is 0 Å². The predicted molar refractivity (Wildman–Crippen MR) is 65.0 cm³/mol. The van der Waals surface area contributed by atoms with Gasteiger partial charge in [0.15, 0.2) is 0 Å². The summed E-state index contributed by atoms with van der Waals surface area (Å²) < 4.78 is 6.24. The Morgan fingerprint density at radius 3 is 3.00 bits per heavy atom. The predicted octanol–water partition coefficient (Wildman–Crippen LogP) is 2.24. The Kier molecular flexibility index (Phi) is 3.96. The molecule has 0 bridgehead atoms. The second kappa shape index (κ2) is 5.46. The number of hydrogen-bond donors (Lipinski definition) is 1.